The maximum Gasteiger partial charge on any atom is 0.277 e. The molecule has 1 aliphatic rings. The van der Waals surface area contributed by atoms with E-state index in [1.54, 1.807) is 18.3 Å². The smallest absolute Gasteiger partial charge is 0.277 e. The first kappa shape index (κ1) is 15.6. The number of halogens is 2. The molecule has 1 aromatic rings. The molecule has 0 radical (unpaired) electrons. The Morgan fingerprint density at radius 2 is 2.10 bits per heavy atom. The lowest BCUT2D eigenvalue weighted by Crippen LogP contribution is -2.42. The Hall–Kier alpha value is -1.76. The van der Waals surface area contributed by atoms with Crippen LogP contribution in [0.3, 0.4) is 0 Å². The van der Waals surface area contributed by atoms with E-state index < -0.39 is 24.9 Å². The second kappa shape index (κ2) is 6.80. The Labute approximate surface area is 122 Å². The quantitative estimate of drug-likeness (QED) is 0.862. The van der Waals surface area contributed by atoms with Crippen molar-refractivity contribution in [1.29, 1.82) is 0 Å². The normalized spacial score (nSPS) is 15.9. The number of hydrogen-bond acceptors (Lipinski definition) is 4. The van der Waals surface area contributed by atoms with Crippen molar-refractivity contribution in [1.82, 2.24) is 10.3 Å². The summed E-state index contributed by atoms with van der Waals surface area (Å²) in [6.45, 7) is 0.0997. The Bertz CT molecular complexity index is 490. The van der Waals surface area contributed by atoms with Gasteiger partial charge in [-0.2, -0.15) is 0 Å². The molecule has 0 atom stereocenters. The highest BCUT2D eigenvalue weighted by Crippen LogP contribution is 2.21. The van der Waals surface area contributed by atoms with Crippen LogP contribution in [-0.4, -0.2) is 43.0 Å². The number of nitrogens with one attached hydrogen (secondary N) is 1. The van der Waals surface area contributed by atoms with Gasteiger partial charge in [0.25, 0.3) is 11.8 Å². The lowest BCUT2D eigenvalue weighted by molar-refractivity contribution is 0.0118. The fourth-order valence-electron chi connectivity index (χ4n) is 2.31. The largest absolute Gasteiger partial charge is 0.356 e. The van der Waals surface area contributed by atoms with E-state index in [0.717, 1.165) is 32.4 Å². The lowest BCUT2D eigenvalue weighted by atomic mass is 10.1. The molecule has 0 aromatic carbocycles. The summed E-state index contributed by atoms with van der Waals surface area (Å²) < 4.78 is 26.2. The van der Waals surface area contributed by atoms with Gasteiger partial charge in [-0.3, -0.25) is 4.79 Å². The van der Waals surface area contributed by atoms with Crippen LogP contribution in [0.25, 0.3) is 0 Å². The van der Waals surface area contributed by atoms with Crippen LogP contribution in [0.1, 0.15) is 29.6 Å². The van der Waals surface area contributed by atoms with Crippen LogP contribution in [0.5, 0.6) is 0 Å². The van der Waals surface area contributed by atoms with Crippen molar-refractivity contribution < 1.29 is 13.6 Å². The molecule has 2 rings (SSSR count). The number of carbonyl (C=O) groups excluding carboxylic acids is 1. The Morgan fingerprint density at radius 3 is 2.76 bits per heavy atom. The van der Waals surface area contributed by atoms with E-state index in [0.29, 0.717) is 11.4 Å². The van der Waals surface area contributed by atoms with Crippen molar-refractivity contribution in [3.63, 3.8) is 0 Å². The van der Waals surface area contributed by atoms with Gasteiger partial charge in [-0.15, -0.1) is 0 Å². The molecule has 0 spiro atoms. The average molecular weight is 298 g/mol. The Morgan fingerprint density at radius 1 is 1.38 bits per heavy atom. The Balaban J connectivity index is 2.10. The molecule has 1 amide bonds. The van der Waals surface area contributed by atoms with Gasteiger partial charge >= 0.3 is 0 Å². The fraction of sp³-hybridized carbons (Fsp3) is 0.571. The SMILES string of the molecule is NCC(F)(F)CNC(=O)c1cccnc1N1CCCCC1. The van der Waals surface area contributed by atoms with Crippen LogP contribution in [0.4, 0.5) is 14.6 Å². The van der Waals surface area contributed by atoms with Crippen LogP contribution in [0.2, 0.25) is 0 Å². The number of anilines is 1. The number of aromatic nitrogens is 1. The van der Waals surface area contributed by atoms with Gasteiger partial charge in [0.05, 0.1) is 18.7 Å². The fourth-order valence-corrected chi connectivity index (χ4v) is 2.31. The number of nitrogens with two attached hydrogens (primary N) is 1. The third kappa shape index (κ3) is 4.10. The minimum Gasteiger partial charge on any atom is -0.356 e. The molecule has 21 heavy (non-hydrogen) atoms. The maximum atomic E-state index is 13.1. The zero-order chi connectivity index (χ0) is 15.3. The van der Waals surface area contributed by atoms with Crippen molar-refractivity contribution in [2.45, 2.75) is 25.2 Å². The van der Waals surface area contributed by atoms with E-state index in [1.807, 2.05) is 4.90 Å². The van der Waals surface area contributed by atoms with Gasteiger partial charge in [0.2, 0.25) is 0 Å². The molecule has 7 heteroatoms. The molecular formula is C14H20F2N4O. The number of piperidine rings is 1. The zero-order valence-corrected chi connectivity index (χ0v) is 11.8. The number of pyridine rings is 1. The monoisotopic (exact) mass is 298 g/mol. The number of amides is 1. The number of carbonyl (C=O) groups is 1. The van der Waals surface area contributed by atoms with Crippen LogP contribution in [-0.2, 0) is 0 Å². The minimum atomic E-state index is -3.09. The second-order valence-corrected chi connectivity index (χ2v) is 5.17. The van der Waals surface area contributed by atoms with Gasteiger partial charge in [0.1, 0.15) is 5.82 Å². The van der Waals surface area contributed by atoms with Gasteiger partial charge < -0.3 is 16.0 Å². The average Bonchev–Trinajstić information content (AvgIpc) is 2.53. The summed E-state index contributed by atoms with van der Waals surface area (Å²) in [7, 11) is 0. The summed E-state index contributed by atoms with van der Waals surface area (Å²) in [5.41, 5.74) is 5.28. The molecule has 1 fully saturated rings. The molecule has 1 aromatic heterocycles. The molecule has 5 nitrogen and oxygen atoms in total. The molecular weight excluding hydrogens is 278 g/mol. The van der Waals surface area contributed by atoms with Crippen LogP contribution in [0.15, 0.2) is 18.3 Å². The zero-order valence-electron chi connectivity index (χ0n) is 11.8. The van der Waals surface area contributed by atoms with Gasteiger partial charge in [-0.05, 0) is 31.4 Å². The minimum absolute atomic E-state index is 0.326. The molecule has 0 unspecified atom stereocenters. The van der Waals surface area contributed by atoms with Crippen molar-refractivity contribution in [3.8, 4) is 0 Å². The van der Waals surface area contributed by atoms with E-state index in [1.165, 1.54) is 0 Å². The predicted molar refractivity (Wildman–Crippen MR) is 76.6 cm³/mol. The van der Waals surface area contributed by atoms with E-state index in [2.05, 4.69) is 10.3 Å². The van der Waals surface area contributed by atoms with Crippen LogP contribution < -0.4 is 16.0 Å². The molecule has 1 saturated heterocycles. The molecule has 0 saturated carbocycles. The standard InChI is InChI=1S/C14H20F2N4O/c15-14(16,9-17)10-19-13(21)11-5-4-6-18-12(11)20-7-2-1-3-8-20/h4-6H,1-3,7-10,17H2,(H,19,21). The van der Waals surface area contributed by atoms with Gasteiger partial charge in [0, 0.05) is 19.3 Å². The second-order valence-electron chi connectivity index (χ2n) is 5.17. The highest BCUT2D eigenvalue weighted by atomic mass is 19.3. The number of rotatable bonds is 5. The van der Waals surface area contributed by atoms with E-state index >= 15 is 0 Å². The topological polar surface area (TPSA) is 71.2 Å². The highest BCUT2D eigenvalue weighted by Gasteiger charge is 2.28. The summed E-state index contributed by atoms with van der Waals surface area (Å²) in [6, 6.07) is 3.23. The number of nitrogens with zero attached hydrogens (tertiary/aromatic N) is 2. The first-order valence-corrected chi connectivity index (χ1v) is 7.09. The maximum absolute atomic E-state index is 13.1. The molecule has 116 valence electrons. The van der Waals surface area contributed by atoms with Crippen LogP contribution in [0, 0.1) is 0 Å². The van der Waals surface area contributed by atoms with E-state index in [-0.39, 0.29) is 0 Å². The summed E-state index contributed by atoms with van der Waals surface area (Å²) in [4.78, 5) is 18.4. The highest BCUT2D eigenvalue weighted by molar-refractivity contribution is 5.98. The van der Waals surface area contributed by atoms with Gasteiger partial charge in [0.15, 0.2) is 0 Å². The lowest BCUT2D eigenvalue weighted by Gasteiger charge is -2.29. The molecule has 3 N–H and O–H groups in total. The number of hydrogen-bond donors (Lipinski definition) is 2. The summed E-state index contributed by atoms with van der Waals surface area (Å²) in [5, 5.41) is 2.23. The Kier molecular flexibility index (Phi) is 5.06. The van der Waals surface area contributed by atoms with Crippen molar-refractivity contribution in [3.05, 3.63) is 23.9 Å². The molecule has 2 heterocycles. The first-order chi connectivity index (χ1) is 10.0. The molecule has 1 aliphatic heterocycles. The summed E-state index contributed by atoms with van der Waals surface area (Å²) >= 11 is 0. The van der Waals surface area contributed by atoms with Gasteiger partial charge in [-0.1, -0.05) is 0 Å². The van der Waals surface area contributed by atoms with Crippen molar-refractivity contribution in [2.75, 3.05) is 31.1 Å². The molecule has 0 aliphatic carbocycles. The summed E-state index contributed by atoms with van der Waals surface area (Å²) in [6.07, 6.45) is 4.86. The summed E-state index contributed by atoms with van der Waals surface area (Å²) in [5.74, 6) is -3.08. The van der Waals surface area contributed by atoms with Crippen molar-refractivity contribution in [2.24, 2.45) is 5.73 Å². The van der Waals surface area contributed by atoms with E-state index in [4.69, 9.17) is 5.73 Å². The third-order valence-corrected chi connectivity index (χ3v) is 3.49. The van der Waals surface area contributed by atoms with E-state index in [9.17, 15) is 13.6 Å². The van der Waals surface area contributed by atoms with Gasteiger partial charge in [-0.25, -0.2) is 13.8 Å². The van der Waals surface area contributed by atoms with Crippen molar-refractivity contribution >= 4 is 11.7 Å². The number of alkyl halides is 2. The third-order valence-electron chi connectivity index (χ3n) is 3.49. The molecule has 0 bridgehead atoms. The predicted octanol–water partition coefficient (Wildman–Crippen LogP) is 1.40. The van der Waals surface area contributed by atoms with Crippen LogP contribution >= 0.6 is 0 Å². The first-order valence-electron chi connectivity index (χ1n) is 7.09.